The van der Waals surface area contributed by atoms with Gasteiger partial charge in [0, 0.05) is 0 Å². The van der Waals surface area contributed by atoms with E-state index in [1.54, 1.807) is 30.3 Å². The first kappa shape index (κ1) is 19.2. The number of esters is 1. The van der Waals surface area contributed by atoms with Crippen molar-refractivity contribution in [2.75, 3.05) is 19.0 Å². The second kappa shape index (κ2) is 7.97. The Morgan fingerprint density at radius 3 is 2.18 bits per heavy atom. The molecule has 1 aliphatic heterocycles. The van der Waals surface area contributed by atoms with Gasteiger partial charge in [0.05, 0.1) is 29.5 Å². The van der Waals surface area contributed by atoms with Crippen molar-refractivity contribution in [2.24, 2.45) is 0 Å². The Bertz CT molecular complexity index is 970. The van der Waals surface area contributed by atoms with E-state index in [0.29, 0.717) is 5.69 Å². The quantitative estimate of drug-likeness (QED) is 0.458. The fourth-order valence-corrected chi connectivity index (χ4v) is 2.95. The third-order valence-corrected chi connectivity index (χ3v) is 4.22. The minimum absolute atomic E-state index is 0.0852. The standard InChI is InChI=1S/C19H15N3O5S/c1-27-18(26)13-8-4-5-9-14(13)20-19(28)21-15(23)10-22-16(24)11-6-2-3-7-12(11)17(22)25/h2-9H,10H2,1H3,(H2,20,21,23,28). The monoisotopic (exact) mass is 397 g/mol. The Hall–Kier alpha value is -3.59. The van der Waals surface area contributed by atoms with Crippen molar-refractivity contribution >= 4 is 46.7 Å². The topological polar surface area (TPSA) is 105 Å². The van der Waals surface area contributed by atoms with E-state index in [-0.39, 0.29) is 21.8 Å². The molecule has 142 valence electrons. The number of fused-ring (bicyclic) bond motifs is 1. The zero-order valence-corrected chi connectivity index (χ0v) is 15.5. The van der Waals surface area contributed by atoms with E-state index in [0.717, 1.165) is 4.90 Å². The summed E-state index contributed by atoms with van der Waals surface area (Å²) in [6.07, 6.45) is 0. The first-order valence-corrected chi connectivity index (χ1v) is 8.56. The number of methoxy groups -OCH3 is 1. The first-order valence-electron chi connectivity index (χ1n) is 8.15. The average molecular weight is 397 g/mol. The van der Waals surface area contributed by atoms with E-state index < -0.39 is 30.2 Å². The number of amides is 3. The third kappa shape index (κ3) is 3.74. The number of ether oxygens (including phenoxy) is 1. The highest BCUT2D eigenvalue weighted by atomic mass is 32.1. The Kier molecular flexibility index (Phi) is 5.46. The fraction of sp³-hybridized carbons (Fsp3) is 0.105. The number of nitrogens with one attached hydrogen (secondary N) is 2. The van der Waals surface area contributed by atoms with Gasteiger partial charge in [-0.05, 0) is 36.5 Å². The molecule has 0 radical (unpaired) electrons. The minimum atomic E-state index is -0.650. The lowest BCUT2D eigenvalue weighted by Crippen LogP contribution is -2.43. The maximum Gasteiger partial charge on any atom is 0.339 e. The van der Waals surface area contributed by atoms with Crippen LogP contribution in [-0.4, -0.2) is 47.4 Å². The summed E-state index contributed by atoms with van der Waals surface area (Å²) in [4.78, 5) is 49.5. The number of anilines is 1. The molecule has 9 heteroatoms. The van der Waals surface area contributed by atoms with Crippen LogP contribution in [0.4, 0.5) is 5.69 Å². The molecule has 0 aromatic heterocycles. The molecule has 0 atom stereocenters. The molecule has 0 unspecified atom stereocenters. The Morgan fingerprint density at radius 1 is 1.00 bits per heavy atom. The molecule has 1 aliphatic rings. The van der Waals surface area contributed by atoms with Crippen molar-refractivity contribution in [3.05, 3.63) is 65.2 Å². The number of carbonyl (C=O) groups excluding carboxylic acids is 4. The van der Waals surface area contributed by atoms with Gasteiger partial charge in [0.25, 0.3) is 11.8 Å². The number of para-hydroxylation sites is 1. The second-order valence-corrected chi connectivity index (χ2v) is 6.19. The molecular formula is C19H15N3O5S. The van der Waals surface area contributed by atoms with E-state index in [1.165, 1.54) is 25.3 Å². The van der Waals surface area contributed by atoms with E-state index >= 15 is 0 Å². The van der Waals surface area contributed by atoms with Gasteiger partial charge in [-0.2, -0.15) is 0 Å². The molecule has 0 fully saturated rings. The van der Waals surface area contributed by atoms with Crippen LogP contribution in [0.1, 0.15) is 31.1 Å². The molecule has 0 saturated heterocycles. The molecule has 1 heterocycles. The molecule has 0 bridgehead atoms. The van der Waals surface area contributed by atoms with Crippen LogP contribution in [-0.2, 0) is 9.53 Å². The van der Waals surface area contributed by atoms with E-state index in [4.69, 9.17) is 17.0 Å². The predicted octanol–water partition coefficient (Wildman–Crippen LogP) is 1.58. The minimum Gasteiger partial charge on any atom is -0.465 e. The maximum atomic E-state index is 12.3. The fourth-order valence-electron chi connectivity index (χ4n) is 2.73. The number of hydrogen-bond acceptors (Lipinski definition) is 6. The Balaban J connectivity index is 1.64. The summed E-state index contributed by atoms with van der Waals surface area (Å²) in [6, 6.07) is 12.8. The molecule has 8 nitrogen and oxygen atoms in total. The van der Waals surface area contributed by atoms with E-state index in [1.807, 2.05) is 0 Å². The van der Waals surface area contributed by atoms with Gasteiger partial charge in [0.1, 0.15) is 6.54 Å². The van der Waals surface area contributed by atoms with Crippen LogP contribution in [0.5, 0.6) is 0 Å². The van der Waals surface area contributed by atoms with Crippen LogP contribution in [0.3, 0.4) is 0 Å². The lowest BCUT2D eigenvalue weighted by atomic mass is 10.1. The van der Waals surface area contributed by atoms with Crippen molar-refractivity contribution in [2.45, 2.75) is 0 Å². The highest BCUT2D eigenvalue weighted by Gasteiger charge is 2.36. The summed E-state index contributed by atoms with van der Waals surface area (Å²) in [5.74, 6) is -2.29. The van der Waals surface area contributed by atoms with Gasteiger partial charge in [-0.1, -0.05) is 24.3 Å². The van der Waals surface area contributed by atoms with Crippen LogP contribution in [0.15, 0.2) is 48.5 Å². The van der Waals surface area contributed by atoms with Crippen LogP contribution >= 0.6 is 12.2 Å². The van der Waals surface area contributed by atoms with Crippen molar-refractivity contribution in [1.82, 2.24) is 10.2 Å². The molecule has 3 amide bonds. The van der Waals surface area contributed by atoms with Gasteiger partial charge >= 0.3 is 5.97 Å². The highest BCUT2D eigenvalue weighted by Crippen LogP contribution is 2.22. The van der Waals surface area contributed by atoms with Crippen LogP contribution in [0.25, 0.3) is 0 Å². The number of imide groups is 1. The number of nitrogens with zero attached hydrogens (tertiary/aromatic N) is 1. The highest BCUT2D eigenvalue weighted by molar-refractivity contribution is 7.80. The number of carbonyl (C=O) groups is 4. The summed E-state index contributed by atoms with van der Waals surface area (Å²) in [7, 11) is 1.25. The molecular weight excluding hydrogens is 382 g/mol. The van der Waals surface area contributed by atoms with E-state index in [2.05, 4.69) is 10.6 Å². The van der Waals surface area contributed by atoms with Gasteiger partial charge in [-0.25, -0.2) is 4.79 Å². The molecule has 0 aliphatic carbocycles. The molecule has 2 aromatic rings. The predicted molar refractivity (Wildman–Crippen MR) is 104 cm³/mol. The second-order valence-electron chi connectivity index (χ2n) is 5.78. The van der Waals surface area contributed by atoms with Crippen LogP contribution in [0.2, 0.25) is 0 Å². The summed E-state index contributed by atoms with van der Waals surface area (Å²) >= 11 is 5.08. The van der Waals surface area contributed by atoms with Gasteiger partial charge < -0.3 is 15.4 Å². The summed E-state index contributed by atoms with van der Waals surface area (Å²) in [5.41, 5.74) is 1.10. The number of benzene rings is 2. The van der Waals surface area contributed by atoms with Crippen LogP contribution in [0, 0.1) is 0 Å². The maximum absolute atomic E-state index is 12.3. The SMILES string of the molecule is COC(=O)c1ccccc1NC(=S)NC(=O)CN1C(=O)c2ccccc2C1=O. The zero-order chi connectivity index (χ0) is 20.3. The third-order valence-electron chi connectivity index (χ3n) is 4.01. The number of thiocarbonyl (C=S) groups is 1. The average Bonchev–Trinajstić information content (AvgIpc) is 2.93. The van der Waals surface area contributed by atoms with Gasteiger partial charge in [0.15, 0.2) is 5.11 Å². The smallest absolute Gasteiger partial charge is 0.339 e. The molecule has 2 N–H and O–H groups in total. The largest absolute Gasteiger partial charge is 0.465 e. The van der Waals surface area contributed by atoms with Gasteiger partial charge in [0.2, 0.25) is 5.91 Å². The number of hydrogen-bond donors (Lipinski definition) is 2. The number of rotatable bonds is 4. The van der Waals surface area contributed by atoms with Gasteiger partial charge in [-0.3, -0.25) is 19.3 Å². The van der Waals surface area contributed by atoms with Crippen molar-refractivity contribution in [3.63, 3.8) is 0 Å². The summed E-state index contributed by atoms with van der Waals surface area (Å²) in [6.45, 7) is -0.479. The van der Waals surface area contributed by atoms with E-state index in [9.17, 15) is 19.2 Å². The lowest BCUT2D eigenvalue weighted by molar-refractivity contribution is -0.120. The Morgan fingerprint density at radius 2 is 1.57 bits per heavy atom. The van der Waals surface area contributed by atoms with Gasteiger partial charge in [-0.15, -0.1) is 0 Å². The summed E-state index contributed by atoms with van der Waals surface area (Å²) < 4.78 is 4.69. The first-order chi connectivity index (χ1) is 13.4. The normalized spacial score (nSPS) is 12.4. The molecule has 2 aromatic carbocycles. The van der Waals surface area contributed by atoms with Crippen molar-refractivity contribution in [3.8, 4) is 0 Å². The van der Waals surface area contributed by atoms with Crippen LogP contribution < -0.4 is 10.6 Å². The zero-order valence-electron chi connectivity index (χ0n) is 14.7. The Labute approximate surface area is 165 Å². The molecule has 28 heavy (non-hydrogen) atoms. The summed E-state index contributed by atoms with van der Waals surface area (Å²) in [5, 5.41) is 5.04. The molecule has 3 rings (SSSR count). The van der Waals surface area contributed by atoms with Crippen molar-refractivity contribution < 1.29 is 23.9 Å². The van der Waals surface area contributed by atoms with Crippen molar-refractivity contribution in [1.29, 1.82) is 0 Å². The molecule has 0 spiro atoms. The lowest BCUT2D eigenvalue weighted by Gasteiger charge is -2.15. The molecule has 0 saturated carbocycles.